The molecule has 3 nitrogen and oxygen atoms in total. The molecule has 0 fully saturated rings. The lowest BCUT2D eigenvalue weighted by Crippen LogP contribution is -2.15. The van der Waals surface area contributed by atoms with Gasteiger partial charge in [0.25, 0.3) is 0 Å². The van der Waals surface area contributed by atoms with Gasteiger partial charge in [-0.15, -0.1) is 0 Å². The first kappa shape index (κ1) is 7.15. The number of carbonyl (C=O) groups excluding carboxylic acids is 1. The third-order valence-corrected chi connectivity index (χ3v) is 2.43. The molecule has 0 unspecified atom stereocenters. The fraction of sp³-hybridized carbons (Fsp3) is 0. The number of carboxylic acid groups (broad SMARTS) is 1. The Balaban J connectivity index is 3.58. The molecule has 0 aliphatic rings. The van der Waals surface area contributed by atoms with E-state index in [0.717, 1.165) is 0 Å². The lowest BCUT2D eigenvalue weighted by Gasteiger charge is -1.77. The monoisotopic (exact) mass is 180 g/mol. The van der Waals surface area contributed by atoms with E-state index in [-0.39, 0.29) is 0 Å². The molecule has 0 atom stereocenters. The van der Waals surface area contributed by atoms with E-state index in [4.69, 9.17) is 5.11 Å². The van der Waals surface area contributed by atoms with E-state index < -0.39 is 24.0 Å². The van der Waals surface area contributed by atoms with Crippen molar-refractivity contribution in [2.75, 3.05) is 0 Å². The van der Waals surface area contributed by atoms with Crippen LogP contribution in [0.4, 0.5) is 0 Å². The normalized spacial score (nSPS) is 7.57. The highest BCUT2D eigenvalue weighted by molar-refractivity contribution is 9.24. The Labute approximate surface area is 53.1 Å². The van der Waals surface area contributed by atoms with Gasteiger partial charge in [-0.05, 0) is 0 Å². The Morgan fingerprint density at radius 3 is 2.00 bits per heavy atom. The van der Waals surface area contributed by atoms with E-state index in [1.807, 2.05) is 0 Å². The van der Waals surface area contributed by atoms with Crippen LogP contribution in [0.1, 0.15) is 0 Å². The third-order valence-electron chi connectivity index (χ3n) is 0.360. The molecule has 0 aliphatic carbocycles. The third kappa shape index (κ3) is 2.80. The number of hydrogen-bond acceptors (Lipinski definition) is 2. The average molecular weight is 181 g/mol. The Morgan fingerprint density at radius 1 is 1.57 bits per heavy atom. The quantitative estimate of drug-likeness (QED) is 0.454. The highest BCUT2D eigenvalue weighted by Gasteiger charge is 2.09. The van der Waals surface area contributed by atoms with Gasteiger partial charge in [0.1, 0.15) is 0 Å². The largest absolute Gasteiger partial charge is 0.477 e. The molecule has 0 aromatic carbocycles. The predicted molar refractivity (Wildman–Crippen MR) is 28.7 cm³/mol. The van der Waals surface area contributed by atoms with Crippen LogP contribution in [0.15, 0.2) is 0 Å². The molecule has 0 aliphatic heterocycles. The fourth-order valence-electron chi connectivity index (χ4n) is 0.0572. The molecule has 0 rings (SSSR count). The van der Waals surface area contributed by atoms with Gasteiger partial charge in [-0.2, -0.15) is 0 Å². The molecule has 0 saturated carbocycles. The highest BCUT2D eigenvalue weighted by atomic mass is 79.9. The molecule has 38 valence electrons. The molecule has 0 amide bonds. The van der Waals surface area contributed by atoms with Gasteiger partial charge in [-0.25, -0.2) is 18.8 Å². The van der Waals surface area contributed by atoms with E-state index in [2.05, 4.69) is 14.1 Å². The molecular weight excluding hydrogens is 179 g/mol. The van der Waals surface area contributed by atoms with Gasteiger partial charge in [-0.1, -0.05) is 0 Å². The summed E-state index contributed by atoms with van der Waals surface area (Å²) in [7, 11) is 0. The average Bonchev–Trinajstić information content (AvgIpc) is 1.65. The van der Waals surface area contributed by atoms with E-state index in [1.54, 1.807) is 0 Å². The zero-order chi connectivity index (χ0) is 5.86. The number of rotatable bonds is 2. The summed E-state index contributed by atoms with van der Waals surface area (Å²) >= 11 is 1.69. The van der Waals surface area contributed by atoms with Crippen LogP contribution in [-0.4, -0.2) is 29.1 Å². The Bertz CT molecular complexity index is 101. The van der Waals surface area contributed by atoms with Gasteiger partial charge in [0.2, 0.25) is 0 Å². The highest BCUT2D eigenvalue weighted by Crippen LogP contribution is 1.75. The Kier molecular flexibility index (Phi) is 3.26. The minimum atomic E-state index is -1.33. The van der Waals surface area contributed by atoms with Crippen LogP contribution in [0.2, 0.25) is 0 Å². The summed E-state index contributed by atoms with van der Waals surface area (Å²) in [4.78, 5) is 19.5. The van der Waals surface area contributed by atoms with Crippen LogP contribution in [0.3, 0.4) is 0 Å². The lowest BCUT2D eigenvalue weighted by molar-refractivity contribution is -0.145. The maximum absolute atomic E-state index is 9.93. The van der Waals surface area contributed by atoms with E-state index >= 15 is 0 Å². The fourth-order valence-corrected chi connectivity index (χ4v) is 0.891. The second kappa shape index (κ2) is 3.19. The van der Waals surface area contributed by atoms with Crippen molar-refractivity contribution in [2.45, 2.75) is 0 Å². The Morgan fingerprint density at radius 2 is 2.00 bits per heavy atom. The summed E-state index contributed by atoms with van der Waals surface area (Å²) in [5.74, 6) is -1.33. The van der Waals surface area contributed by atoms with Crippen LogP contribution in [0.5, 0.6) is 0 Å². The van der Waals surface area contributed by atoms with Crippen molar-refractivity contribution in [3.63, 3.8) is 0 Å². The summed E-state index contributed by atoms with van der Waals surface area (Å²) in [5, 5.41) is 7.84. The minimum absolute atomic E-state index is 0.681. The lowest BCUT2D eigenvalue weighted by atomic mass is 10.8. The topological polar surface area (TPSA) is 54.4 Å². The predicted octanol–water partition coefficient (Wildman–Crippen LogP) is -0.656. The second-order valence-corrected chi connectivity index (χ2v) is 3.45. The standard InChI is InChI=1S/C2HO3.Al.BrH.H/c3-1-2(4)5;;;/h(H,4,5);;1H;/q;+1;;/p-1. The molecule has 0 spiro atoms. The smallest absolute Gasteiger partial charge is 0.457 e. The molecule has 0 saturated heterocycles. The Hall–Kier alpha value is 0.152. The molecule has 0 aromatic heterocycles. The van der Waals surface area contributed by atoms with Crippen molar-refractivity contribution in [2.24, 2.45) is 0 Å². The maximum atomic E-state index is 9.93. The van der Waals surface area contributed by atoms with Gasteiger partial charge in [0.15, 0.2) is 4.65 Å². The summed E-state index contributed by atoms with van der Waals surface area (Å²) in [6, 6.07) is 0. The summed E-state index contributed by atoms with van der Waals surface area (Å²) in [6.07, 6.45) is 0. The number of halogens is 1. The van der Waals surface area contributed by atoms with Crippen molar-refractivity contribution in [3.05, 3.63) is 0 Å². The van der Waals surface area contributed by atoms with Crippen LogP contribution in [-0.2, 0) is 9.59 Å². The second-order valence-electron chi connectivity index (χ2n) is 0.862. The molecule has 0 bridgehead atoms. The zero-order valence-electron chi connectivity index (χ0n) is 3.35. The van der Waals surface area contributed by atoms with Crippen LogP contribution in [0, 0.1) is 0 Å². The van der Waals surface area contributed by atoms with Crippen molar-refractivity contribution in [1.29, 1.82) is 0 Å². The van der Waals surface area contributed by atoms with E-state index in [0.29, 0.717) is 0 Å². The van der Waals surface area contributed by atoms with Crippen LogP contribution in [0.25, 0.3) is 0 Å². The van der Waals surface area contributed by atoms with E-state index in [9.17, 15) is 9.59 Å². The van der Waals surface area contributed by atoms with Gasteiger partial charge < -0.3 is 9.90 Å². The van der Waals surface area contributed by atoms with E-state index in [1.165, 1.54) is 0 Å². The summed E-state index contributed by atoms with van der Waals surface area (Å²) in [5.41, 5.74) is 0. The first-order chi connectivity index (χ1) is 3.18. The van der Waals surface area contributed by atoms with Gasteiger partial charge in [0.05, 0.1) is 0 Å². The molecule has 5 heteroatoms. The molecule has 0 aromatic rings. The molecular formula is C2H2AlBrO3. The SMILES string of the molecule is O=C(O)[C](=O)[AlH][Br]. The summed E-state index contributed by atoms with van der Waals surface area (Å²) < 4.78 is -0.681. The minimum Gasteiger partial charge on any atom is -0.477 e. The maximum Gasteiger partial charge on any atom is 0.457 e. The van der Waals surface area contributed by atoms with Crippen LogP contribution < -0.4 is 0 Å². The summed E-state index contributed by atoms with van der Waals surface area (Å²) in [6.45, 7) is 0. The molecule has 1 N–H and O–H groups in total. The first-order valence-electron chi connectivity index (χ1n) is 1.50. The number of carboxylic acids is 1. The first-order valence-corrected chi connectivity index (χ1v) is 6.11. The molecule has 0 heterocycles. The van der Waals surface area contributed by atoms with Crippen molar-refractivity contribution in [3.8, 4) is 0 Å². The number of carbonyl (C=O) groups is 2. The number of hydrogen-bond donors (Lipinski definition) is 1. The van der Waals surface area contributed by atoms with Crippen molar-refractivity contribution in [1.82, 2.24) is 0 Å². The van der Waals surface area contributed by atoms with Crippen molar-refractivity contribution >= 4 is 38.1 Å². The number of aliphatic carboxylic acids is 1. The van der Waals surface area contributed by atoms with Gasteiger partial charge in [-0.3, -0.25) is 0 Å². The van der Waals surface area contributed by atoms with Gasteiger partial charge in [0, 0.05) is 0 Å². The van der Waals surface area contributed by atoms with Crippen LogP contribution >= 0.6 is 14.1 Å². The zero-order valence-corrected chi connectivity index (χ0v) is 6.35. The van der Waals surface area contributed by atoms with Gasteiger partial charge >= 0.3 is 19.4 Å². The molecule has 0 radical (unpaired) electrons. The van der Waals surface area contributed by atoms with Crippen molar-refractivity contribution < 1.29 is 14.7 Å². The molecule has 7 heavy (non-hydrogen) atoms.